The van der Waals surface area contributed by atoms with Gasteiger partial charge in [0.15, 0.2) is 11.6 Å². The van der Waals surface area contributed by atoms with Crippen LogP contribution in [-0.2, 0) is 0 Å². The minimum absolute atomic E-state index is 0.528. The Morgan fingerprint density at radius 1 is 0.292 bits per heavy atom. The summed E-state index contributed by atoms with van der Waals surface area (Å²) in [5, 5.41) is 0. The second-order valence-corrected chi connectivity index (χ2v) is 17.5. The fourth-order valence-electron chi connectivity index (χ4n) is 9.82. The largest absolute Gasteiger partial charge is 0.309 e. The van der Waals surface area contributed by atoms with Gasteiger partial charge in [0.25, 0.3) is 0 Å². The monoisotopic (exact) mass is 845 g/mol. The molecule has 0 aliphatic carbocycles. The first kappa shape index (κ1) is 42.7. The lowest BCUT2D eigenvalue weighted by Gasteiger charge is -2.36. The van der Waals surface area contributed by atoms with E-state index in [0.717, 1.165) is 61.6 Å². The molecule has 0 bridgehead atoms. The van der Waals surface area contributed by atoms with E-state index in [9.17, 15) is 0 Å². The van der Waals surface area contributed by atoms with Crippen molar-refractivity contribution in [3.63, 3.8) is 0 Å². The van der Waals surface area contributed by atoms with Crippen LogP contribution in [0.2, 0.25) is 0 Å². The number of hydrogen-bond donors (Lipinski definition) is 0. The average molecular weight is 846 g/mol. The van der Waals surface area contributed by atoms with Gasteiger partial charge in [-0.3, -0.25) is 4.90 Å². The molecule has 0 saturated heterocycles. The highest BCUT2D eigenvalue weighted by Gasteiger charge is 2.30. The van der Waals surface area contributed by atoms with Gasteiger partial charge in [0, 0.05) is 11.1 Å². The lowest BCUT2D eigenvalue weighted by Crippen LogP contribution is -2.22. The van der Waals surface area contributed by atoms with E-state index in [4.69, 9.17) is 15.0 Å². The summed E-state index contributed by atoms with van der Waals surface area (Å²) in [4.78, 5) is 20.9. The molecule has 0 fully saturated rings. The summed E-state index contributed by atoms with van der Waals surface area (Å²) in [7, 11) is 0. The summed E-state index contributed by atoms with van der Waals surface area (Å²) in [5.74, 6) is 1.73. The van der Waals surface area contributed by atoms with Crippen LogP contribution < -0.4 is 9.80 Å². The number of rotatable bonds is 10. The molecular weight excluding hydrogens is 791 g/mol. The standard InChI is InChI=1S/C60H55N5/c1-38-30-40(3)54(41(4)31-38)65(55-42(5)32-39(2)33-43(55)6)57-45(8)34-44(7)56(46(57)9)64(53-36-51(47-22-14-10-15-23-47)35-52(37-53)48-24-16-11-17-25-48)60-62-58(49-26-18-12-19-27-49)61-59(63-60)50-28-20-13-21-29-50/h10-37H,1-9H3. The Morgan fingerprint density at radius 3 is 1.02 bits per heavy atom. The van der Waals surface area contributed by atoms with Crippen LogP contribution in [-0.4, -0.2) is 15.0 Å². The van der Waals surface area contributed by atoms with Crippen LogP contribution in [0, 0.1) is 62.3 Å². The van der Waals surface area contributed by atoms with Crippen molar-refractivity contribution < 1.29 is 0 Å². The van der Waals surface area contributed by atoms with Gasteiger partial charge in [-0.1, -0.05) is 163 Å². The van der Waals surface area contributed by atoms with E-state index >= 15 is 0 Å². The second kappa shape index (κ2) is 17.9. The van der Waals surface area contributed by atoms with Gasteiger partial charge in [-0.2, -0.15) is 9.97 Å². The fourth-order valence-corrected chi connectivity index (χ4v) is 9.82. The molecule has 0 amide bonds. The van der Waals surface area contributed by atoms with Gasteiger partial charge in [0.2, 0.25) is 5.95 Å². The van der Waals surface area contributed by atoms with Gasteiger partial charge in [-0.25, -0.2) is 4.98 Å². The van der Waals surface area contributed by atoms with Crippen LogP contribution in [0.15, 0.2) is 170 Å². The molecule has 0 aliphatic rings. The first-order chi connectivity index (χ1) is 31.4. The molecule has 9 aromatic rings. The Labute approximate surface area is 384 Å². The lowest BCUT2D eigenvalue weighted by atomic mass is 9.94. The Kier molecular flexibility index (Phi) is 11.7. The van der Waals surface area contributed by atoms with E-state index in [0.29, 0.717) is 17.6 Å². The first-order valence-corrected chi connectivity index (χ1v) is 22.4. The minimum atomic E-state index is 0.528. The van der Waals surface area contributed by atoms with Crippen molar-refractivity contribution in [2.24, 2.45) is 0 Å². The molecule has 320 valence electrons. The number of hydrogen-bond acceptors (Lipinski definition) is 5. The van der Waals surface area contributed by atoms with E-state index in [-0.39, 0.29) is 0 Å². The molecule has 65 heavy (non-hydrogen) atoms. The quantitative estimate of drug-likeness (QED) is 0.137. The number of nitrogens with zero attached hydrogens (tertiary/aromatic N) is 5. The maximum atomic E-state index is 5.45. The van der Waals surface area contributed by atoms with Crippen molar-refractivity contribution in [3.05, 3.63) is 220 Å². The third-order valence-electron chi connectivity index (χ3n) is 12.3. The molecule has 0 spiro atoms. The molecule has 0 aliphatic heterocycles. The van der Waals surface area contributed by atoms with Gasteiger partial charge < -0.3 is 4.90 Å². The van der Waals surface area contributed by atoms with Crippen molar-refractivity contribution >= 4 is 34.4 Å². The maximum Gasteiger partial charge on any atom is 0.238 e. The highest BCUT2D eigenvalue weighted by atomic mass is 15.3. The van der Waals surface area contributed by atoms with Crippen molar-refractivity contribution in [2.75, 3.05) is 9.80 Å². The van der Waals surface area contributed by atoms with Crippen LogP contribution in [0.3, 0.4) is 0 Å². The Bertz CT molecular complexity index is 2830. The SMILES string of the molecule is Cc1cc(C)c(N(c2c(C)cc(C)cc2C)c2c(C)cc(C)c(N(c3cc(-c4ccccc4)cc(-c4ccccc4)c3)c3nc(-c4ccccc4)nc(-c4ccccc4)n3)c2C)c(C)c1. The van der Waals surface area contributed by atoms with Crippen molar-refractivity contribution in [1.82, 2.24) is 15.0 Å². The maximum absolute atomic E-state index is 5.45. The van der Waals surface area contributed by atoms with Gasteiger partial charge in [0.05, 0.1) is 28.4 Å². The molecule has 9 rings (SSSR count). The Balaban J connectivity index is 1.41. The summed E-state index contributed by atoms with van der Waals surface area (Å²) in [6.07, 6.45) is 0. The molecule has 1 aromatic heterocycles. The van der Waals surface area contributed by atoms with E-state index in [1.807, 2.05) is 36.4 Å². The first-order valence-electron chi connectivity index (χ1n) is 22.4. The third-order valence-corrected chi connectivity index (χ3v) is 12.3. The van der Waals surface area contributed by atoms with Gasteiger partial charge in [-0.05, 0) is 142 Å². The molecule has 0 N–H and O–H groups in total. The van der Waals surface area contributed by atoms with Crippen LogP contribution in [0.5, 0.6) is 0 Å². The average Bonchev–Trinajstić information content (AvgIpc) is 3.30. The van der Waals surface area contributed by atoms with E-state index in [1.54, 1.807) is 0 Å². The molecule has 0 unspecified atom stereocenters. The molecule has 0 saturated carbocycles. The number of anilines is 6. The second-order valence-electron chi connectivity index (χ2n) is 17.5. The van der Waals surface area contributed by atoms with E-state index < -0.39 is 0 Å². The fraction of sp³-hybridized carbons (Fsp3) is 0.150. The third kappa shape index (κ3) is 8.46. The van der Waals surface area contributed by atoms with Crippen LogP contribution in [0.1, 0.15) is 50.1 Å². The molecule has 1 heterocycles. The number of benzene rings is 8. The summed E-state index contributed by atoms with van der Waals surface area (Å²) in [6.45, 7) is 20.1. The Morgan fingerprint density at radius 2 is 0.631 bits per heavy atom. The highest BCUT2D eigenvalue weighted by molar-refractivity contribution is 5.93. The van der Waals surface area contributed by atoms with E-state index in [2.05, 4.69) is 206 Å². The molecule has 5 heteroatoms. The van der Waals surface area contributed by atoms with Crippen LogP contribution >= 0.6 is 0 Å². The number of aryl methyl sites for hydroxylation is 8. The summed E-state index contributed by atoms with van der Waals surface area (Å²) in [5.41, 5.74) is 22.5. The summed E-state index contributed by atoms with van der Waals surface area (Å²) >= 11 is 0. The minimum Gasteiger partial charge on any atom is -0.309 e. The molecule has 5 nitrogen and oxygen atoms in total. The van der Waals surface area contributed by atoms with Crippen molar-refractivity contribution in [2.45, 2.75) is 62.3 Å². The van der Waals surface area contributed by atoms with Crippen molar-refractivity contribution in [3.8, 4) is 45.0 Å². The predicted octanol–water partition coefficient (Wildman–Crippen LogP) is 16.3. The molecular formula is C60H55N5. The molecule has 0 atom stereocenters. The Hall–Kier alpha value is -7.63. The zero-order valence-corrected chi connectivity index (χ0v) is 38.9. The van der Waals surface area contributed by atoms with Gasteiger partial charge in [0.1, 0.15) is 0 Å². The summed E-state index contributed by atoms with van der Waals surface area (Å²) < 4.78 is 0. The summed E-state index contributed by atoms with van der Waals surface area (Å²) in [6, 6.07) is 60.2. The lowest BCUT2D eigenvalue weighted by molar-refractivity contribution is 1.01. The zero-order chi connectivity index (χ0) is 45.4. The van der Waals surface area contributed by atoms with Gasteiger partial charge in [-0.15, -0.1) is 0 Å². The van der Waals surface area contributed by atoms with E-state index in [1.165, 1.54) is 50.3 Å². The zero-order valence-electron chi connectivity index (χ0n) is 38.9. The van der Waals surface area contributed by atoms with Gasteiger partial charge >= 0.3 is 0 Å². The molecule has 8 aromatic carbocycles. The van der Waals surface area contributed by atoms with Crippen LogP contribution in [0.4, 0.5) is 34.4 Å². The highest BCUT2D eigenvalue weighted by Crippen LogP contribution is 2.50. The normalized spacial score (nSPS) is 11.2. The molecule has 0 radical (unpaired) electrons. The van der Waals surface area contributed by atoms with Crippen LogP contribution in [0.25, 0.3) is 45.0 Å². The number of aromatic nitrogens is 3. The predicted molar refractivity (Wildman–Crippen MR) is 274 cm³/mol. The van der Waals surface area contributed by atoms with Crippen molar-refractivity contribution in [1.29, 1.82) is 0 Å². The smallest absolute Gasteiger partial charge is 0.238 e. The topological polar surface area (TPSA) is 45.2 Å².